The van der Waals surface area contributed by atoms with Crippen molar-refractivity contribution < 1.29 is 37.3 Å². The van der Waals surface area contributed by atoms with Crippen molar-refractivity contribution in [1.29, 1.82) is 0 Å². The van der Waals surface area contributed by atoms with E-state index in [1.807, 2.05) is 24.3 Å². The van der Waals surface area contributed by atoms with Gasteiger partial charge in [0, 0.05) is 12.6 Å². The van der Waals surface area contributed by atoms with Crippen LogP contribution >= 0.6 is 11.6 Å². The molecular formula is C24H24ClF3N4O5. The molecule has 1 aromatic heterocycles. The first-order valence-corrected chi connectivity index (χ1v) is 11.8. The molecule has 1 amide bonds. The number of nitrogens with one attached hydrogen (secondary N) is 2. The third kappa shape index (κ3) is 6.08. The molecule has 1 fully saturated rings. The molecule has 0 bridgehead atoms. The fourth-order valence-corrected chi connectivity index (χ4v) is 4.48. The molecule has 2 aromatic carbocycles. The summed E-state index contributed by atoms with van der Waals surface area (Å²) in [5.41, 5.74) is 2.38. The predicted molar refractivity (Wildman–Crippen MR) is 128 cm³/mol. The Morgan fingerprint density at radius 3 is 2.59 bits per heavy atom. The van der Waals surface area contributed by atoms with Crippen LogP contribution in [0.4, 0.5) is 13.2 Å². The van der Waals surface area contributed by atoms with Gasteiger partial charge >= 0.3 is 12.1 Å². The highest BCUT2D eigenvalue weighted by Crippen LogP contribution is 2.39. The van der Waals surface area contributed by atoms with Crippen molar-refractivity contribution in [3.63, 3.8) is 0 Å². The molecule has 0 spiro atoms. The number of rotatable bonds is 3. The molecular weight excluding hydrogens is 517 g/mol. The molecule has 0 saturated carbocycles. The lowest BCUT2D eigenvalue weighted by molar-refractivity contribution is -0.192. The van der Waals surface area contributed by atoms with Gasteiger partial charge in [-0.25, -0.2) is 9.78 Å². The minimum absolute atomic E-state index is 0.0242. The quantitative estimate of drug-likeness (QED) is 0.456. The fraction of sp³-hybridized carbons (Fsp3) is 0.375. The second-order valence-electron chi connectivity index (χ2n) is 8.58. The number of ether oxygens (including phenoxy) is 2. The molecule has 0 unspecified atom stereocenters. The van der Waals surface area contributed by atoms with Gasteiger partial charge in [0.1, 0.15) is 19.0 Å². The number of aromatic amines is 1. The Morgan fingerprint density at radius 1 is 1.19 bits per heavy atom. The molecule has 0 aliphatic carbocycles. The van der Waals surface area contributed by atoms with Crippen LogP contribution in [0.2, 0.25) is 5.02 Å². The fourth-order valence-electron chi connectivity index (χ4n) is 4.18. The number of fused-ring (bicyclic) bond motifs is 2. The monoisotopic (exact) mass is 540 g/mol. The van der Waals surface area contributed by atoms with E-state index < -0.39 is 12.1 Å². The zero-order chi connectivity index (χ0) is 26.7. The number of imidazole rings is 1. The topological polar surface area (TPSA) is 117 Å². The largest absolute Gasteiger partial charge is 0.490 e. The summed E-state index contributed by atoms with van der Waals surface area (Å²) >= 11 is 6.44. The van der Waals surface area contributed by atoms with Crippen LogP contribution in [0.25, 0.3) is 11.0 Å². The number of halogens is 4. The van der Waals surface area contributed by atoms with Crippen molar-refractivity contribution >= 4 is 34.5 Å². The first-order valence-electron chi connectivity index (χ1n) is 11.4. The maximum absolute atomic E-state index is 13.0. The number of carbonyl (C=O) groups excluding carboxylic acids is 1. The number of aliphatic carboxylic acids is 1. The zero-order valence-corrected chi connectivity index (χ0v) is 20.4. The van der Waals surface area contributed by atoms with Gasteiger partial charge in [0.2, 0.25) is 0 Å². The standard InChI is InChI=1S/C22H23ClN4O3.C2HF3O2/c1-27-9-8-13(12-17(27)21-25-15-4-2-3-5-16(15)26-21)24-22(28)14-6-7-18-20(19(14)23)30-11-10-29-18;3-2(4,5)1(6)7/h2-7,13,17H,8-12H2,1H3,(H,24,28)(H,25,26);(H,6,7)/t13-,17-;/m1./s1. The number of piperidine rings is 1. The molecule has 3 heterocycles. The molecule has 0 radical (unpaired) electrons. The van der Waals surface area contributed by atoms with E-state index in [2.05, 4.69) is 22.2 Å². The average molecular weight is 541 g/mol. The first kappa shape index (κ1) is 26.6. The van der Waals surface area contributed by atoms with E-state index in [1.54, 1.807) is 12.1 Å². The maximum Gasteiger partial charge on any atom is 0.490 e. The van der Waals surface area contributed by atoms with Gasteiger partial charge in [-0.05, 0) is 44.2 Å². The molecule has 13 heteroatoms. The van der Waals surface area contributed by atoms with Crippen LogP contribution in [0.3, 0.4) is 0 Å². The highest BCUT2D eigenvalue weighted by molar-refractivity contribution is 6.35. The van der Waals surface area contributed by atoms with Gasteiger partial charge in [0.05, 0.1) is 27.7 Å². The molecule has 9 nitrogen and oxygen atoms in total. The lowest BCUT2D eigenvalue weighted by Gasteiger charge is -2.36. The summed E-state index contributed by atoms with van der Waals surface area (Å²) in [4.78, 5) is 32.3. The number of hydrogen-bond donors (Lipinski definition) is 3. The third-order valence-electron chi connectivity index (χ3n) is 6.06. The molecule has 1 saturated heterocycles. The van der Waals surface area contributed by atoms with Crippen LogP contribution in [-0.4, -0.2) is 70.9 Å². The number of nitrogens with zero attached hydrogens (tertiary/aromatic N) is 2. The van der Waals surface area contributed by atoms with Gasteiger partial charge in [-0.15, -0.1) is 0 Å². The number of para-hydroxylation sites is 2. The van der Waals surface area contributed by atoms with Crippen LogP contribution < -0.4 is 14.8 Å². The smallest absolute Gasteiger partial charge is 0.486 e. The highest BCUT2D eigenvalue weighted by Gasteiger charge is 2.38. The lowest BCUT2D eigenvalue weighted by atomic mass is 9.96. The molecule has 2 aliphatic rings. The number of amides is 1. The number of carboxylic acid groups (broad SMARTS) is 1. The lowest BCUT2D eigenvalue weighted by Crippen LogP contribution is -2.45. The molecule has 2 atom stereocenters. The predicted octanol–water partition coefficient (Wildman–Crippen LogP) is 4.19. The van der Waals surface area contributed by atoms with Gasteiger partial charge in [0.15, 0.2) is 11.5 Å². The third-order valence-corrected chi connectivity index (χ3v) is 6.44. The average Bonchev–Trinajstić information content (AvgIpc) is 3.29. The maximum atomic E-state index is 13.0. The van der Waals surface area contributed by atoms with Crippen molar-refractivity contribution in [3.05, 3.63) is 52.8 Å². The Hall–Kier alpha value is -3.51. The Kier molecular flexibility index (Phi) is 7.79. The summed E-state index contributed by atoms with van der Waals surface area (Å²) in [6, 6.07) is 11.6. The Labute approximate surface area is 214 Å². The number of carbonyl (C=O) groups is 2. The summed E-state index contributed by atoms with van der Waals surface area (Å²) in [6.45, 7) is 1.76. The summed E-state index contributed by atoms with van der Waals surface area (Å²) < 4.78 is 42.9. The van der Waals surface area contributed by atoms with Gasteiger partial charge in [-0.3, -0.25) is 9.69 Å². The SMILES string of the molecule is CN1CC[C@@H](NC(=O)c2ccc3c(c2Cl)OCCO3)C[C@@H]1c1nc2ccccc2[nH]1.O=C(O)C(F)(F)F. The van der Waals surface area contributed by atoms with Crippen LogP contribution in [-0.2, 0) is 4.79 Å². The Morgan fingerprint density at radius 2 is 1.89 bits per heavy atom. The summed E-state index contributed by atoms with van der Waals surface area (Å²) in [5.74, 6) is -1.01. The number of H-pyrrole nitrogens is 1. The van der Waals surface area contributed by atoms with Crippen molar-refractivity contribution in [2.24, 2.45) is 0 Å². The Bertz CT molecular complexity index is 1270. The van der Waals surface area contributed by atoms with Crippen LogP contribution in [0.5, 0.6) is 11.5 Å². The summed E-state index contributed by atoms with van der Waals surface area (Å²) in [5, 5.41) is 10.6. The highest BCUT2D eigenvalue weighted by atomic mass is 35.5. The number of alkyl halides is 3. The summed E-state index contributed by atoms with van der Waals surface area (Å²) in [7, 11) is 2.09. The first-order chi connectivity index (χ1) is 17.5. The molecule has 2 aliphatic heterocycles. The number of benzene rings is 2. The zero-order valence-electron chi connectivity index (χ0n) is 19.6. The van der Waals surface area contributed by atoms with E-state index in [-0.39, 0.29) is 18.0 Å². The normalized spacial score (nSPS) is 19.6. The van der Waals surface area contributed by atoms with E-state index in [0.29, 0.717) is 35.3 Å². The van der Waals surface area contributed by atoms with Crippen LogP contribution in [0.15, 0.2) is 36.4 Å². The van der Waals surface area contributed by atoms with E-state index in [9.17, 15) is 18.0 Å². The van der Waals surface area contributed by atoms with Crippen molar-refractivity contribution in [3.8, 4) is 11.5 Å². The second-order valence-corrected chi connectivity index (χ2v) is 8.96. The number of likely N-dealkylation sites (tertiary alicyclic amines) is 1. The minimum Gasteiger partial charge on any atom is -0.486 e. The number of carboxylic acids is 1. The minimum atomic E-state index is -5.08. The van der Waals surface area contributed by atoms with Crippen molar-refractivity contribution in [2.75, 3.05) is 26.8 Å². The van der Waals surface area contributed by atoms with Crippen molar-refractivity contribution in [2.45, 2.75) is 31.1 Å². The van der Waals surface area contributed by atoms with E-state index in [1.165, 1.54) is 0 Å². The Balaban J connectivity index is 0.000000405. The van der Waals surface area contributed by atoms with Gasteiger partial charge in [-0.1, -0.05) is 23.7 Å². The van der Waals surface area contributed by atoms with E-state index >= 15 is 0 Å². The molecule has 198 valence electrons. The second kappa shape index (κ2) is 10.9. The molecule has 37 heavy (non-hydrogen) atoms. The van der Waals surface area contributed by atoms with Crippen LogP contribution in [0, 0.1) is 0 Å². The number of aromatic nitrogens is 2. The van der Waals surface area contributed by atoms with E-state index in [0.717, 1.165) is 36.2 Å². The van der Waals surface area contributed by atoms with E-state index in [4.69, 9.17) is 36.0 Å². The van der Waals surface area contributed by atoms with Gasteiger partial charge in [-0.2, -0.15) is 13.2 Å². The molecule has 3 aromatic rings. The summed E-state index contributed by atoms with van der Waals surface area (Å²) in [6.07, 6.45) is -3.45. The number of hydrogen-bond acceptors (Lipinski definition) is 6. The van der Waals surface area contributed by atoms with Crippen LogP contribution in [0.1, 0.15) is 35.1 Å². The van der Waals surface area contributed by atoms with Gasteiger partial charge < -0.3 is 24.9 Å². The molecule has 5 rings (SSSR count). The van der Waals surface area contributed by atoms with Gasteiger partial charge in [0.25, 0.3) is 5.91 Å². The van der Waals surface area contributed by atoms with Crippen molar-refractivity contribution in [1.82, 2.24) is 20.2 Å². The molecule has 3 N–H and O–H groups in total.